The maximum absolute atomic E-state index is 13.0. The summed E-state index contributed by atoms with van der Waals surface area (Å²) in [5.41, 5.74) is 5.56. The van der Waals surface area contributed by atoms with E-state index < -0.39 is 0 Å². The number of ether oxygens (including phenoxy) is 2. The molecule has 2 aliphatic rings. The summed E-state index contributed by atoms with van der Waals surface area (Å²) in [6.07, 6.45) is 0. The van der Waals surface area contributed by atoms with Crippen molar-refractivity contribution in [2.75, 3.05) is 67.7 Å². The lowest BCUT2D eigenvalue weighted by molar-refractivity contribution is 0.0988. The van der Waals surface area contributed by atoms with Crippen LogP contribution in [-0.2, 0) is 9.47 Å². The first-order chi connectivity index (χ1) is 16.2. The number of hydrogen-bond acceptors (Lipinski definition) is 7. The lowest BCUT2D eigenvalue weighted by Crippen LogP contribution is -2.38. The highest BCUT2D eigenvalue weighted by atomic mass is 16.5. The molecular weight excluding hydrogens is 420 g/mol. The molecule has 2 aromatic carbocycles. The van der Waals surface area contributed by atoms with Crippen LogP contribution in [-0.4, -0.2) is 63.7 Å². The minimum absolute atomic E-state index is 0.177. The number of anilines is 3. The molecule has 0 radical (unpaired) electrons. The van der Waals surface area contributed by atoms with Crippen molar-refractivity contribution in [3.63, 3.8) is 0 Å². The molecule has 0 aliphatic carbocycles. The number of carbonyl (C=O) groups excluding carboxylic acids is 1. The Balaban J connectivity index is 1.38. The molecule has 0 unspecified atom stereocenters. The van der Waals surface area contributed by atoms with Gasteiger partial charge >= 0.3 is 0 Å². The van der Waals surface area contributed by atoms with Gasteiger partial charge in [-0.2, -0.15) is 0 Å². The van der Waals surface area contributed by atoms with Crippen LogP contribution in [0.1, 0.15) is 16.1 Å². The van der Waals surface area contributed by atoms with Crippen LogP contribution in [0.3, 0.4) is 0 Å². The number of benzene rings is 2. The number of aromatic nitrogens is 1. The Morgan fingerprint density at radius 3 is 2.24 bits per heavy atom. The molecule has 5 rings (SSSR count). The molecule has 172 valence electrons. The molecule has 8 nitrogen and oxygen atoms in total. The lowest BCUT2D eigenvalue weighted by atomic mass is 10.1. The van der Waals surface area contributed by atoms with Crippen LogP contribution >= 0.6 is 0 Å². The third kappa shape index (κ3) is 4.86. The third-order valence-corrected chi connectivity index (χ3v) is 6.04. The van der Waals surface area contributed by atoms with Gasteiger partial charge in [-0.1, -0.05) is 35.0 Å². The number of carbonyl (C=O) groups is 1. The smallest absolute Gasteiger partial charge is 0.294 e. The zero-order valence-corrected chi connectivity index (χ0v) is 18.8. The molecule has 0 atom stereocenters. The number of aryl methyl sites for hydroxylation is 1. The largest absolute Gasteiger partial charge is 0.378 e. The summed E-state index contributed by atoms with van der Waals surface area (Å²) in [6, 6.07) is 15.8. The van der Waals surface area contributed by atoms with E-state index in [1.807, 2.05) is 43.3 Å². The average Bonchev–Trinajstić information content (AvgIpc) is 3.36. The molecule has 2 aliphatic heterocycles. The Bertz CT molecular complexity index is 1100. The highest BCUT2D eigenvalue weighted by Crippen LogP contribution is 2.33. The van der Waals surface area contributed by atoms with E-state index in [1.54, 1.807) is 6.07 Å². The molecule has 2 saturated heterocycles. The fourth-order valence-corrected chi connectivity index (χ4v) is 4.14. The Morgan fingerprint density at radius 1 is 0.879 bits per heavy atom. The Kier molecular flexibility index (Phi) is 6.28. The normalized spacial score (nSPS) is 16.6. The summed E-state index contributed by atoms with van der Waals surface area (Å²) in [4.78, 5) is 17.6. The van der Waals surface area contributed by atoms with E-state index in [0.29, 0.717) is 18.9 Å². The monoisotopic (exact) mass is 448 g/mol. The van der Waals surface area contributed by atoms with Crippen molar-refractivity contribution >= 4 is 23.0 Å². The van der Waals surface area contributed by atoms with Gasteiger partial charge in [0.15, 0.2) is 0 Å². The quantitative estimate of drug-likeness (QED) is 0.639. The highest BCUT2D eigenvalue weighted by molar-refractivity contribution is 6.04. The second kappa shape index (κ2) is 9.64. The van der Waals surface area contributed by atoms with Gasteiger partial charge in [0.1, 0.15) is 5.69 Å². The standard InChI is InChI=1S/C25H28N4O4/c1-18-2-4-19(5-3-18)22-17-24(33-27-22)25(30)26-21-7-6-20(28-8-12-31-13-9-28)16-23(21)29-10-14-32-15-11-29/h2-7,16-17H,8-15H2,1H3,(H,26,30). The highest BCUT2D eigenvalue weighted by Gasteiger charge is 2.21. The van der Waals surface area contributed by atoms with Crippen molar-refractivity contribution in [3.05, 3.63) is 59.9 Å². The number of nitrogens with zero attached hydrogens (tertiary/aromatic N) is 3. The first-order valence-electron chi connectivity index (χ1n) is 11.3. The fraction of sp³-hybridized carbons (Fsp3) is 0.360. The molecule has 1 N–H and O–H groups in total. The van der Waals surface area contributed by atoms with Gasteiger partial charge < -0.3 is 29.1 Å². The maximum atomic E-state index is 13.0. The summed E-state index contributed by atoms with van der Waals surface area (Å²) >= 11 is 0. The summed E-state index contributed by atoms with van der Waals surface area (Å²) in [7, 11) is 0. The van der Waals surface area contributed by atoms with Crippen molar-refractivity contribution in [3.8, 4) is 11.3 Å². The average molecular weight is 449 g/mol. The molecule has 0 bridgehead atoms. The Morgan fingerprint density at radius 2 is 1.55 bits per heavy atom. The molecule has 3 aromatic rings. The van der Waals surface area contributed by atoms with Crippen LogP contribution in [0.4, 0.5) is 17.1 Å². The van der Waals surface area contributed by atoms with E-state index in [0.717, 1.165) is 67.6 Å². The minimum atomic E-state index is -0.325. The minimum Gasteiger partial charge on any atom is -0.378 e. The predicted molar refractivity (Wildman–Crippen MR) is 127 cm³/mol. The topological polar surface area (TPSA) is 80.1 Å². The van der Waals surface area contributed by atoms with Crippen LogP contribution in [0.25, 0.3) is 11.3 Å². The summed E-state index contributed by atoms with van der Waals surface area (Å²) in [5.74, 6) is -0.148. The van der Waals surface area contributed by atoms with Gasteiger partial charge in [-0.05, 0) is 25.1 Å². The molecular formula is C25H28N4O4. The van der Waals surface area contributed by atoms with Crippen molar-refractivity contribution in [2.24, 2.45) is 0 Å². The number of nitrogens with one attached hydrogen (secondary N) is 1. The van der Waals surface area contributed by atoms with Gasteiger partial charge in [0.25, 0.3) is 5.91 Å². The molecule has 2 fully saturated rings. The zero-order valence-electron chi connectivity index (χ0n) is 18.8. The van der Waals surface area contributed by atoms with Crippen LogP contribution in [0.15, 0.2) is 53.1 Å². The maximum Gasteiger partial charge on any atom is 0.294 e. The number of morpholine rings is 2. The van der Waals surface area contributed by atoms with Crippen LogP contribution in [0, 0.1) is 6.92 Å². The van der Waals surface area contributed by atoms with Crippen molar-refractivity contribution in [1.82, 2.24) is 5.16 Å². The molecule has 0 spiro atoms. The Hall–Kier alpha value is -3.36. The van der Waals surface area contributed by atoms with Gasteiger partial charge in [0.2, 0.25) is 5.76 Å². The number of rotatable bonds is 5. The molecule has 3 heterocycles. The summed E-state index contributed by atoms with van der Waals surface area (Å²) in [6.45, 7) is 8.06. The first kappa shape index (κ1) is 21.5. The molecule has 1 amide bonds. The van der Waals surface area contributed by atoms with E-state index in [-0.39, 0.29) is 11.7 Å². The van der Waals surface area contributed by atoms with Crippen molar-refractivity contribution < 1.29 is 18.8 Å². The van der Waals surface area contributed by atoms with Gasteiger partial charge in [0, 0.05) is 43.5 Å². The predicted octanol–water partition coefficient (Wildman–Crippen LogP) is 3.58. The van der Waals surface area contributed by atoms with Crippen LogP contribution in [0.2, 0.25) is 0 Å². The number of hydrogen-bond donors (Lipinski definition) is 1. The third-order valence-electron chi connectivity index (χ3n) is 6.04. The molecule has 1 aromatic heterocycles. The summed E-state index contributed by atoms with van der Waals surface area (Å²) < 4.78 is 16.4. The zero-order chi connectivity index (χ0) is 22.6. The van der Waals surface area contributed by atoms with E-state index in [1.165, 1.54) is 0 Å². The molecule has 33 heavy (non-hydrogen) atoms. The van der Waals surface area contributed by atoms with Crippen molar-refractivity contribution in [1.29, 1.82) is 0 Å². The lowest BCUT2D eigenvalue weighted by Gasteiger charge is -2.33. The number of amides is 1. The van der Waals surface area contributed by atoms with E-state index in [9.17, 15) is 4.79 Å². The van der Waals surface area contributed by atoms with E-state index >= 15 is 0 Å². The second-order valence-electron chi connectivity index (χ2n) is 8.30. The Labute approximate surface area is 193 Å². The van der Waals surface area contributed by atoms with Gasteiger partial charge in [-0.25, -0.2) is 0 Å². The van der Waals surface area contributed by atoms with E-state index in [2.05, 4.69) is 26.3 Å². The van der Waals surface area contributed by atoms with Crippen molar-refractivity contribution in [2.45, 2.75) is 6.92 Å². The fourth-order valence-electron chi connectivity index (χ4n) is 4.14. The van der Waals surface area contributed by atoms with Gasteiger partial charge in [0.05, 0.1) is 37.8 Å². The SMILES string of the molecule is Cc1ccc(-c2cc(C(=O)Nc3ccc(N4CCOCC4)cc3N3CCOCC3)on2)cc1. The second-order valence-corrected chi connectivity index (χ2v) is 8.30. The first-order valence-corrected chi connectivity index (χ1v) is 11.3. The van der Waals surface area contributed by atoms with E-state index in [4.69, 9.17) is 14.0 Å². The van der Waals surface area contributed by atoms with Crippen LogP contribution in [0.5, 0.6) is 0 Å². The van der Waals surface area contributed by atoms with Gasteiger partial charge in [-0.15, -0.1) is 0 Å². The molecule has 8 heteroatoms. The summed E-state index contributed by atoms with van der Waals surface area (Å²) in [5, 5.41) is 7.11. The van der Waals surface area contributed by atoms with Gasteiger partial charge in [-0.3, -0.25) is 4.79 Å². The molecule has 0 saturated carbocycles. The van der Waals surface area contributed by atoms with Crippen LogP contribution < -0.4 is 15.1 Å².